The van der Waals surface area contributed by atoms with Gasteiger partial charge in [-0.25, -0.2) is 0 Å². The quantitative estimate of drug-likeness (QED) is 0.151. The van der Waals surface area contributed by atoms with E-state index >= 15 is 0 Å². The first-order chi connectivity index (χ1) is 40.4. The van der Waals surface area contributed by atoms with Gasteiger partial charge in [-0.15, -0.1) is 0 Å². The molecule has 0 aliphatic rings. The molecular weight excluding hydrogens is 1020 g/mol. The first kappa shape index (κ1) is 51.5. The minimum Gasteiger partial charge on any atom is -0.309 e. The maximum atomic E-state index is 2.58. The van der Waals surface area contributed by atoms with E-state index in [1.807, 2.05) is 0 Å². The molecule has 11 aromatic carbocycles. The van der Waals surface area contributed by atoms with Crippen LogP contribution in [0.4, 0.5) is 34.1 Å². The lowest BCUT2D eigenvalue weighted by Gasteiger charge is -2.31. The van der Waals surface area contributed by atoms with Crippen LogP contribution in [0, 0.1) is 41.5 Å². The summed E-state index contributed by atoms with van der Waals surface area (Å²) in [4.78, 5) is 5.13. The van der Waals surface area contributed by atoms with Crippen LogP contribution in [0.25, 0.3) is 98.4 Å². The molecule has 0 atom stereocenters. The Hall–Kier alpha value is -9.38. The van der Waals surface area contributed by atoms with Crippen LogP contribution in [0.15, 0.2) is 206 Å². The zero-order valence-electron chi connectivity index (χ0n) is 50.4. The van der Waals surface area contributed by atoms with Crippen LogP contribution in [0.1, 0.15) is 86.1 Å². The summed E-state index contributed by atoms with van der Waals surface area (Å²) in [5, 5.41) is 9.97. The molecule has 0 spiro atoms. The van der Waals surface area contributed by atoms with Gasteiger partial charge < -0.3 is 18.6 Å². The summed E-state index contributed by atoms with van der Waals surface area (Å²) < 4.78 is 5.16. The molecular formula is C80H70N4. The van der Waals surface area contributed by atoms with Crippen LogP contribution >= 0.6 is 0 Å². The predicted octanol–water partition coefficient (Wildman–Crippen LogP) is 22.7. The van der Waals surface area contributed by atoms with Gasteiger partial charge in [-0.05, 0) is 193 Å². The van der Waals surface area contributed by atoms with E-state index in [-0.39, 0.29) is 10.8 Å². The predicted molar refractivity (Wildman–Crippen MR) is 362 cm³/mol. The first-order valence-electron chi connectivity index (χ1n) is 29.9. The molecule has 0 aliphatic carbocycles. The number of fused-ring (bicyclic) bond motifs is 12. The normalized spacial score (nSPS) is 12.5. The number of hydrogen-bond donors (Lipinski definition) is 0. The van der Waals surface area contributed by atoms with Crippen molar-refractivity contribution in [2.75, 3.05) is 9.80 Å². The van der Waals surface area contributed by atoms with Crippen molar-refractivity contribution < 1.29 is 0 Å². The number of rotatable bonds is 8. The number of hydrogen-bond acceptors (Lipinski definition) is 2. The van der Waals surface area contributed by atoms with Crippen LogP contribution in [0.3, 0.4) is 0 Å². The molecule has 0 bridgehead atoms. The van der Waals surface area contributed by atoms with E-state index in [0.717, 1.165) is 34.1 Å². The summed E-state index contributed by atoms with van der Waals surface area (Å²) in [6.07, 6.45) is 0. The lowest BCUT2D eigenvalue weighted by atomic mass is 9.84. The van der Waals surface area contributed by atoms with Gasteiger partial charge in [0.05, 0.1) is 55.8 Å². The van der Waals surface area contributed by atoms with Gasteiger partial charge in [-0.3, -0.25) is 0 Å². The number of benzene rings is 11. The summed E-state index contributed by atoms with van der Waals surface area (Å²) in [5.41, 5.74) is 29.4. The number of anilines is 6. The Labute approximate surface area is 493 Å². The fourth-order valence-electron chi connectivity index (χ4n) is 14.0. The third-order valence-electron chi connectivity index (χ3n) is 19.0. The van der Waals surface area contributed by atoms with Crippen molar-refractivity contribution in [2.24, 2.45) is 0 Å². The van der Waals surface area contributed by atoms with Crippen LogP contribution < -0.4 is 9.80 Å². The fraction of sp³-hybridized carbons (Fsp3) is 0.175. The summed E-state index contributed by atoms with van der Waals surface area (Å²) in [7, 11) is 0. The number of para-hydroxylation sites is 2. The minimum absolute atomic E-state index is 0.0374. The highest BCUT2D eigenvalue weighted by molar-refractivity contribution is 6.32. The second-order valence-electron chi connectivity index (χ2n) is 26.1. The van der Waals surface area contributed by atoms with Gasteiger partial charge >= 0.3 is 0 Å². The Morgan fingerprint density at radius 1 is 0.298 bits per heavy atom. The third-order valence-corrected chi connectivity index (χ3v) is 19.0. The molecule has 15 aromatic rings. The van der Waals surface area contributed by atoms with Crippen LogP contribution in [0.5, 0.6) is 0 Å². The molecule has 0 saturated heterocycles. The van der Waals surface area contributed by atoms with Gasteiger partial charge in [-0.1, -0.05) is 163 Å². The standard InChI is InChI=1S/C80H70N4/c1-47-39-57(40-48(2)51(47)5)81(69-35-31-55(79(7,8)9)43-63(69)53-23-15-13-16-24-53)71-37-33-59-65-45-74-66(46-73(65)83-67-29-21-19-27-61(67)75(71)77(59)83)60-34-38-72(76-62-28-20-22-30-68(62)84(74)78(60)76)82(58-41-49(3)52(6)50(4)42-58)70-36-32-56(80(10,11)12)44-64(70)54-25-17-14-18-26-54/h13-46H,1-12H3. The van der Waals surface area contributed by atoms with E-state index in [2.05, 4.69) is 308 Å². The van der Waals surface area contributed by atoms with E-state index in [9.17, 15) is 0 Å². The van der Waals surface area contributed by atoms with Crippen LogP contribution in [0.2, 0.25) is 0 Å². The van der Waals surface area contributed by atoms with E-state index in [1.165, 1.54) is 143 Å². The Morgan fingerprint density at radius 2 is 0.643 bits per heavy atom. The van der Waals surface area contributed by atoms with Gasteiger partial charge in [0.15, 0.2) is 0 Å². The summed E-state index contributed by atoms with van der Waals surface area (Å²) >= 11 is 0. The fourth-order valence-corrected chi connectivity index (χ4v) is 14.0. The summed E-state index contributed by atoms with van der Waals surface area (Å²) in [5.74, 6) is 0. The van der Waals surface area contributed by atoms with Gasteiger partial charge in [0.25, 0.3) is 0 Å². The van der Waals surface area contributed by atoms with Crippen LogP contribution in [-0.4, -0.2) is 8.80 Å². The van der Waals surface area contributed by atoms with Gasteiger partial charge in [-0.2, -0.15) is 0 Å². The van der Waals surface area contributed by atoms with Crippen molar-refractivity contribution in [2.45, 2.75) is 93.9 Å². The van der Waals surface area contributed by atoms with Gasteiger partial charge in [0, 0.05) is 65.6 Å². The van der Waals surface area contributed by atoms with E-state index in [1.54, 1.807) is 0 Å². The van der Waals surface area contributed by atoms with Crippen molar-refractivity contribution in [3.05, 3.63) is 251 Å². The Bertz CT molecular complexity index is 4780. The highest BCUT2D eigenvalue weighted by Gasteiger charge is 2.31. The van der Waals surface area contributed by atoms with E-state index in [0.29, 0.717) is 0 Å². The molecule has 4 aromatic heterocycles. The molecule has 15 rings (SSSR count). The molecule has 0 amide bonds. The lowest BCUT2D eigenvalue weighted by Crippen LogP contribution is -2.15. The SMILES string of the molecule is Cc1cc(N(c2ccc(C(C)(C)C)cc2-c2ccccc2)c2ccc3c4cc5c(cc4n4c6ccccc6c2c34)c2ccc(N(c3cc(C)c(C)c(C)c3)c3ccc(C(C)(C)C)cc3-c3ccccc3)c3c4ccccc4n5c23)cc(C)c1C. The van der Waals surface area contributed by atoms with E-state index < -0.39 is 0 Å². The smallest absolute Gasteiger partial charge is 0.0641 e. The van der Waals surface area contributed by atoms with Crippen molar-refractivity contribution in [1.82, 2.24) is 8.80 Å². The summed E-state index contributed by atoms with van der Waals surface area (Å²) in [6.45, 7) is 27.4. The molecule has 0 unspecified atom stereocenters. The van der Waals surface area contributed by atoms with Crippen LogP contribution in [-0.2, 0) is 10.8 Å². The topological polar surface area (TPSA) is 15.3 Å². The Morgan fingerprint density at radius 3 is 1.01 bits per heavy atom. The number of aryl methyl sites for hydroxylation is 4. The largest absolute Gasteiger partial charge is 0.309 e. The second kappa shape index (κ2) is 18.6. The van der Waals surface area contributed by atoms with Crippen molar-refractivity contribution >= 4 is 110 Å². The third kappa shape index (κ3) is 7.65. The van der Waals surface area contributed by atoms with Crippen molar-refractivity contribution in [1.29, 1.82) is 0 Å². The molecule has 0 fully saturated rings. The van der Waals surface area contributed by atoms with Crippen molar-refractivity contribution in [3.8, 4) is 22.3 Å². The molecule has 4 heterocycles. The zero-order chi connectivity index (χ0) is 57.8. The first-order valence-corrected chi connectivity index (χ1v) is 29.9. The highest BCUT2D eigenvalue weighted by atomic mass is 15.2. The van der Waals surface area contributed by atoms with Gasteiger partial charge in [0.1, 0.15) is 0 Å². The Balaban J connectivity index is 1.02. The monoisotopic (exact) mass is 1090 g/mol. The summed E-state index contributed by atoms with van der Waals surface area (Å²) in [6, 6.07) is 78.7. The highest BCUT2D eigenvalue weighted by Crippen LogP contribution is 2.54. The van der Waals surface area contributed by atoms with Crippen molar-refractivity contribution in [3.63, 3.8) is 0 Å². The molecule has 410 valence electrons. The number of aromatic nitrogens is 2. The average Bonchev–Trinajstić information content (AvgIpc) is 1.63. The lowest BCUT2D eigenvalue weighted by molar-refractivity contribution is 0.590. The zero-order valence-corrected chi connectivity index (χ0v) is 50.4. The molecule has 0 saturated carbocycles. The number of nitrogens with zero attached hydrogens (tertiary/aromatic N) is 4. The molecule has 0 aliphatic heterocycles. The Kier molecular flexibility index (Phi) is 11.4. The average molecular weight is 1090 g/mol. The molecule has 0 N–H and O–H groups in total. The second-order valence-corrected chi connectivity index (χ2v) is 26.1. The van der Waals surface area contributed by atoms with Gasteiger partial charge in [0.2, 0.25) is 0 Å². The minimum atomic E-state index is -0.0374. The molecule has 4 nitrogen and oxygen atoms in total. The molecule has 84 heavy (non-hydrogen) atoms. The molecule has 4 heteroatoms. The maximum Gasteiger partial charge on any atom is 0.0641 e. The van der Waals surface area contributed by atoms with E-state index in [4.69, 9.17) is 0 Å². The molecule has 0 radical (unpaired) electrons. The maximum absolute atomic E-state index is 2.58.